The molecule has 0 aromatic carbocycles. The normalized spacial score (nSPS) is 10.3. The van der Waals surface area contributed by atoms with E-state index in [0.29, 0.717) is 6.21 Å². The molecule has 0 atom stereocenters. The molecule has 1 heterocycles. The van der Waals surface area contributed by atoms with Crippen LogP contribution < -0.4 is 11.2 Å². The molecule has 0 aliphatic heterocycles. The Morgan fingerprint density at radius 2 is 2.50 bits per heavy atom. The topological polar surface area (TPSA) is 127 Å². The van der Waals surface area contributed by atoms with Gasteiger partial charge >= 0.3 is 5.97 Å². The average Bonchev–Trinajstić information content (AvgIpc) is 2.36. The number of nitrogens with two attached hydrogens (primary N) is 1. The summed E-state index contributed by atoms with van der Waals surface area (Å²) in [4.78, 5) is 9.93. The fraction of sp³-hybridized carbons (Fsp3) is 0. The van der Waals surface area contributed by atoms with Crippen LogP contribution in [-0.4, -0.2) is 27.6 Å². The molecular weight excluding hydrogens is 166 g/mol. The van der Waals surface area contributed by atoms with E-state index in [-0.39, 0.29) is 11.6 Å². The van der Waals surface area contributed by atoms with Crippen molar-refractivity contribution in [2.24, 2.45) is 5.10 Å². The molecular formula is C4H5N5O3. The van der Waals surface area contributed by atoms with Crippen molar-refractivity contribution in [3.05, 3.63) is 0 Å². The lowest BCUT2D eigenvalue weighted by Crippen LogP contribution is -2.00. The minimum Gasteiger partial charge on any atom is -0.477 e. The van der Waals surface area contributed by atoms with Gasteiger partial charge in [-0.05, 0) is 10.3 Å². The van der Waals surface area contributed by atoms with Gasteiger partial charge in [-0.3, -0.25) is 5.43 Å². The van der Waals surface area contributed by atoms with Crippen LogP contribution in [0.5, 0.6) is 0 Å². The first-order valence-corrected chi connectivity index (χ1v) is 2.80. The number of hydrogen-bond acceptors (Lipinski definition) is 7. The predicted octanol–water partition coefficient (Wildman–Crippen LogP) is -0.866. The highest BCUT2D eigenvalue weighted by Crippen LogP contribution is 2.09. The van der Waals surface area contributed by atoms with Gasteiger partial charge in [-0.15, -0.1) is 0 Å². The SMILES string of the molecule is Nc1nonc1N/N=C\C(=O)O. The van der Waals surface area contributed by atoms with Crippen LogP contribution in [-0.2, 0) is 4.79 Å². The predicted molar refractivity (Wildman–Crippen MR) is 38.5 cm³/mol. The lowest BCUT2D eigenvalue weighted by Gasteiger charge is -1.89. The lowest BCUT2D eigenvalue weighted by molar-refractivity contribution is -0.128. The third kappa shape index (κ3) is 1.94. The van der Waals surface area contributed by atoms with Crippen molar-refractivity contribution in [2.45, 2.75) is 0 Å². The lowest BCUT2D eigenvalue weighted by atomic mass is 10.7. The Balaban J connectivity index is 2.54. The van der Waals surface area contributed by atoms with Crippen molar-refractivity contribution in [1.29, 1.82) is 0 Å². The van der Waals surface area contributed by atoms with Gasteiger partial charge in [-0.25, -0.2) is 9.42 Å². The van der Waals surface area contributed by atoms with Gasteiger partial charge in [-0.1, -0.05) is 0 Å². The molecule has 8 nitrogen and oxygen atoms in total. The number of carboxylic acids is 1. The van der Waals surface area contributed by atoms with E-state index in [1.807, 2.05) is 0 Å². The fourth-order valence-electron chi connectivity index (χ4n) is 0.422. The molecule has 1 aromatic heterocycles. The molecule has 0 unspecified atom stereocenters. The second-order valence-electron chi connectivity index (χ2n) is 1.71. The summed E-state index contributed by atoms with van der Waals surface area (Å²) in [6.07, 6.45) is 0.647. The molecule has 1 aromatic rings. The highest BCUT2D eigenvalue weighted by molar-refractivity contribution is 6.22. The molecule has 4 N–H and O–H groups in total. The van der Waals surface area contributed by atoms with E-state index in [9.17, 15) is 4.79 Å². The number of hydrogen-bond donors (Lipinski definition) is 3. The number of hydrazone groups is 1. The molecule has 0 aliphatic rings. The number of carboxylic acid groups (broad SMARTS) is 1. The van der Waals surface area contributed by atoms with Gasteiger partial charge < -0.3 is 10.8 Å². The molecule has 8 heteroatoms. The number of carbonyl (C=O) groups is 1. The van der Waals surface area contributed by atoms with Crippen molar-refractivity contribution in [3.63, 3.8) is 0 Å². The largest absolute Gasteiger partial charge is 0.477 e. The third-order valence-electron chi connectivity index (χ3n) is 0.859. The molecule has 0 aliphatic carbocycles. The highest BCUT2D eigenvalue weighted by Gasteiger charge is 2.02. The van der Waals surface area contributed by atoms with E-state index in [1.165, 1.54) is 0 Å². The minimum atomic E-state index is -1.18. The second-order valence-corrected chi connectivity index (χ2v) is 1.71. The summed E-state index contributed by atoms with van der Waals surface area (Å²) in [6, 6.07) is 0. The first kappa shape index (κ1) is 7.98. The number of anilines is 2. The number of nitrogen functional groups attached to an aromatic ring is 1. The van der Waals surface area contributed by atoms with Crippen LogP contribution in [0.3, 0.4) is 0 Å². The first-order valence-electron chi connectivity index (χ1n) is 2.80. The Labute approximate surface area is 66.0 Å². The Kier molecular flexibility index (Phi) is 2.21. The van der Waals surface area contributed by atoms with Crippen LogP contribution in [0, 0.1) is 0 Å². The first-order chi connectivity index (χ1) is 5.70. The Hall–Kier alpha value is -2.12. The quantitative estimate of drug-likeness (QED) is 0.398. The van der Waals surface area contributed by atoms with Crippen molar-refractivity contribution in [1.82, 2.24) is 10.3 Å². The smallest absolute Gasteiger partial charge is 0.348 e. The third-order valence-corrected chi connectivity index (χ3v) is 0.859. The van der Waals surface area contributed by atoms with Crippen molar-refractivity contribution < 1.29 is 14.5 Å². The number of nitrogens with zero attached hydrogens (tertiary/aromatic N) is 3. The standard InChI is InChI=1S/C4H5N5O3/c5-3-4(9-12-8-3)7-6-1-2(10)11/h1H,(H2,5,8)(H,7,9)(H,10,11)/b6-1-. The van der Waals surface area contributed by atoms with Crippen LogP contribution in [0.4, 0.5) is 11.6 Å². The zero-order chi connectivity index (χ0) is 8.97. The van der Waals surface area contributed by atoms with Gasteiger partial charge in [0.2, 0.25) is 11.6 Å². The number of aliphatic carboxylic acids is 1. The maximum absolute atomic E-state index is 9.93. The van der Waals surface area contributed by atoms with Gasteiger partial charge in [0.1, 0.15) is 6.21 Å². The van der Waals surface area contributed by atoms with E-state index < -0.39 is 5.97 Å². The molecule has 12 heavy (non-hydrogen) atoms. The molecule has 0 radical (unpaired) electrons. The Morgan fingerprint density at radius 3 is 3.00 bits per heavy atom. The minimum absolute atomic E-state index is 0.0116. The van der Waals surface area contributed by atoms with Crippen LogP contribution in [0.1, 0.15) is 0 Å². The number of nitrogens with one attached hydrogen (secondary N) is 1. The maximum atomic E-state index is 9.93. The Morgan fingerprint density at radius 1 is 1.75 bits per heavy atom. The molecule has 0 saturated carbocycles. The molecule has 1 rings (SSSR count). The zero-order valence-electron chi connectivity index (χ0n) is 5.76. The highest BCUT2D eigenvalue weighted by atomic mass is 16.6. The van der Waals surface area contributed by atoms with Gasteiger partial charge in [0.25, 0.3) is 0 Å². The molecule has 0 saturated heterocycles. The molecule has 0 fully saturated rings. The van der Waals surface area contributed by atoms with E-state index in [0.717, 1.165) is 0 Å². The number of aromatic nitrogens is 2. The van der Waals surface area contributed by atoms with Gasteiger partial charge in [0.15, 0.2) is 0 Å². The Bertz CT molecular complexity index is 305. The average molecular weight is 171 g/mol. The summed E-state index contributed by atoms with van der Waals surface area (Å²) in [5.74, 6) is -1.09. The van der Waals surface area contributed by atoms with Crippen LogP contribution in [0.25, 0.3) is 0 Å². The summed E-state index contributed by atoms with van der Waals surface area (Å²) in [5, 5.41) is 17.9. The van der Waals surface area contributed by atoms with Crippen LogP contribution in [0.2, 0.25) is 0 Å². The fourth-order valence-corrected chi connectivity index (χ4v) is 0.422. The van der Waals surface area contributed by atoms with Gasteiger partial charge in [0, 0.05) is 0 Å². The molecule has 0 bridgehead atoms. The van der Waals surface area contributed by atoms with E-state index in [1.54, 1.807) is 0 Å². The van der Waals surface area contributed by atoms with E-state index in [4.69, 9.17) is 10.8 Å². The summed E-state index contributed by atoms with van der Waals surface area (Å²) < 4.78 is 4.19. The van der Waals surface area contributed by atoms with Crippen LogP contribution >= 0.6 is 0 Å². The summed E-state index contributed by atoms with van der Waals surface area (Å²) >= 11 is 0. The second kappa shape index (κ2) is 3.32. The van der Waals surface area contributed by atoms with E-state index >= 15 is 0 Å². The summed E-state index contributed by atoms with van der Waals surface area (Å²) in [6.45, 7) is 0. The van der Waals surface area contributed by atoms with Crippen molar-refractivity contribution in [2.75, 3.05) is 11.2 Å². The molecule has 64 valence electrons. The summed E-state index contributed by atoms with van der Waals surface area (Å²) in [7, 11) is 0. The van der Waals surface area contributed by atoms with Gasteiger partial charge in [0.05, 0.1) is 0 Å². The monoisotopic (exact) mass is 171 g/mol. The molecule has 0 amide bonds. The van der Waals surface area contributed by atoms with Crippen molar-refractivity contribution in [3.8, 4) is 0 Å². The van der Waals surface area contributed by atoms with E-state index in [2.05, 4.69) is 25.5 Å². The van der Waals surface area contributed by atoms with Gasteiger partial charge in [-0.2, -0.15) is 5.10 Å². The maximum Gasteiger partial charge on any atom is 0.348 e. The molecule has 0 spiro atoms. The summed E-state index contributed by atoms with van der Waals surface area (Å²) in [5.41, 5.74) is 7.43. The van der Waals surface area contributed by atoms with Crippen LogP contribution in [0.15, 0.2) is 9.73 Å². The number of rotatable bonds is 3. The van der Waals surface area contributed by atoms with Crippen molar-refractivity contribution >= 4 is 23.8 Å². The zero-order valence-corrected chi connectivity index (χ0v) is 5.76.